The Morgan fingerprint density at radius 2 is 1.86 bits per heavy atom. The van der Waals surface area contributed by atoms with Crippen LogP contribution in [0.2, 0.25) is 0 Å². The molecule has 114 valence electrons. The van der Waals surface area contributed by atoms with Gasteiger partial charge < -0.3 is 9.80 Å². The van der Waals surface area contributed by atoms with Crippen LogP contribution < -0.4 is 0 Å². The van der Waals surface area contributed by atoms with Gasteiger partial charge in [0.2, 0.25) is 5.91 Å². The molecule has 1 aliphatic rings. The Balaban J connectivity index is 2.06. The standard InChI is InChI=1S/C15H18BrFN2O2/c1-2-14(20)18-6-3-7-19(9-8-18)15(21)11-4-5-13(17)12(16)10-11/h4-5,10H,2-3,6-9H2,1H3. The van der Waals surface area contributed by atoms with Gasteiger partial charge in [-0.05, 0) is 40.5 Å². The Morgan fingerprint density at radius 3 is 2.52 bits per heavy atom. The van der Waals surface area contributed by atoms with Crippen molar-refractivity contribution in [3.05, 3.63) is 34.1 Å². The van der Waals surface area contributed by atoms with Crippen LogP contribution in [0.1, 0.15) is 30.1 Å². The molecule has 1 aromatic rings. The number of amides is 2. The topological polar surface area (TPSA) is 40.6 Å². The highest BCUT2D eigenvalue weighted by molar-refractivity contribution is 9.10. The van der Waals surface area contributed by atoms with Gasteiger partial charge in [0.05, 0.1) is 4.47 Å². The Kier molecular flexibility index (Phi) is 5.33. The molecule has 4 nitrogen and oxygen atoms in total. The quantitative estimate of drug-likeness (QED) is 0.817. The third-order valence-corrected chi connectivity index (χ3v) is 4.21. The fourth-order valence-corrected chi connectivity index (χ4v) is 2.78. The van der Waals surface area contributed by atoms with Crippen molar-refractivity contribution in [3.63, 3.8) is 0 Å². The van der Waals surface area contributed by atoms with Gasteiger partial charge in [0.25, 0.3) is 5.91 Å². The fourth-order valence-electron chi connectivity index (χ4n) is 2.41. The van der Waals surface area contributed by atoms with Crippen LogP contribution in [0.3, 0.4) is 0 Å². The predicted octanol–water partition coefficient (Wildman–Crippen LogP) is 2.67. The van der Waals surface area contributed by atoms with Gasteiger partial charge in [-0.15, -0.1) is 0 Å². The molecule has 1 fully saturated rings. The van der Waals surface area contributed by atoms with Crippen molar-refractivity contribution < 1.29 is 14.0 Å². The number of rotatable bonds is 2. The highest BCUT2D eigenvalue weighted by Crippen LogP contribution is 2.18. The molecule has 1 aliphatic heterocycles. The molecule has 1 aromatic carbocycles. The summed E-state index contributed by atoms with van der Waals surface area (Å²) in [5, 5.41) is 0. The summed E-state index contributed by atoms with van der Waals surface area (Å²) in [6.45, 7) is 4.21. The number of benzene rings is 1. The molecule has 0 atom stereocenters. The van der Waals surface area contributed by atoms with Crippen molar-refractivity contribution in [2.75, 3.05) is 26.2 Å². The summed E-state index contributed by atoms with van der Waals surface area (Å²) in [6, 6.07) is 4.27. The molecule has 0 saturated carbocycles. The molecule has 0 radical (unpaired) electrons. The van der Waals surface area contributed by atoms with Gasteiger partial charge in [-0.25, -0.2) is 4.39 Å². The summed E-state index contributed by atoms with van der Waals surface area (Å²) >= 11 is 3.09. The summed E-state index contributed by atoms with van der Waals surface area (Å²) < 4.78 is 13.5. The zero-order chi connectivity index (χ0) is 15.4. The summed E-state index contributed by atoms with van der Waals surface area (Å²) in [4.78, 5) is 27.7. The van der Waals surface area contributed by atoms with Gasteiger partial charge in [0.1, 0.15) is 5.82 Å². The number of hydrogen-bond acceptors (Lipinski definition) is 2. The van der Waals surface area contributed by atoms with Crippen LogP contribution in [0.25, 0.3) is 0 Å². The number of carbonyl (C=O) groups is 2. The lowest BCUT2D eigenvalue weighted by Crippen LogP contribution is -2.37. The molecule has 0 aliphatic carbocycles. The second kappa shape index (κ2) is 7.02. The molecule has 0 spiro atoms. The van der Waals surface area contributed by atoms with E-state index in [1.54, 1.807) is 9.80 Å². The van der Waals surface area contributed by atoms with Gasteiger partial charge in [-0.1, -0.05) is 6.92 Å². The first-order valence-corrected chi connectivity index (χ1v) is 7.84. The monoisotopic (exact) mass is 356 g/mol. The highest BCUT2D eigenvalue weighted by atomic mass is 79.9. The number of carbonyl (C=O) groups excluding carboxylic acids is 2. The van der Waals surface area contributed by atoms with E-state index in [9.17, 15) is 14.0 Å². The predicted molar refractivity (Wildman–Crippen MR) is 81.5 cm³/mol. The van der Waals surface area contributed by atoms with E-state index in [0.29, 0.717) is 38.2 Å². The fraction of sp³-hybridized carbons (Fsp3) is 0.467. The zero-order valence-corrected chi connectivity index (χ0v) is 13.5. The molecule has 0 N–H and O–H groups in total. The molecule has 0 aromatic heterocycles. The molecule has 0 unspecified atom stereocenters. The lowest BCUT2D eigenvalue weighted by atomic mass is 10.2. The molecular formula is C15H18BrFN2O2. The average molecular weight is 357 g/mol. The molecule has 0 bridgehead atoms. The smallest absolute Gasteiger partial charge is 0.253 e. The highest BCUT2D eigenvalue weighted by Gasteiger charge is 2.22. The summed E-state index contributed by atoms with van der Waals surface area (Å²) in [6.07, 6.45) is 1.25. The normalized spacial score (nSPS) is 15.8. The van der Waals surface area contributed by atoms with Crippen molar-refractivity contribution >= 4 is 27.7 Å². The van der Waals surface area contributed by atoms with Crippen molar-refractivity contribution in [1.82, 2.24) is 9.80 Å². The Hall–Kier alpha value is -1.43. The van der Waals surface area contributed by atoms with Crippen LogP contribution in [-0.2, 0) is 4.79 Å². The van der Waals surface area contributed by atoms with Gasteiger partial charge >= 0.3 is 0 Å². The maximum Gasteiger partial charge on any atom is 0.253 e. The maximum atomic E-state index is 13.2. The van der Waals surface area contributed by atoms with E-state index in [1.807, 2.05) is 6.92 Å². The van der Waals surface area contributed by atoms with E-state index >= 15 is 0 Å². The molecule has 1 heterocycles. The van der Waals surface area contributed by atoms with E-state index in [0.717, 1.165) is 6.42 Å². The van der Waals surface area contributed by atoms with Crippen LogP contribution in [0.5, 0.6) is 0 Å². The Bertz CT molecular complexity index is 550. The first-order chi connectivity index (χ1) is 10.0. The van der Waals surface area contributed by atoms with E-state index in [1.165, 1.54) is 18.2 Å². The average Bonchev–Trinajstić information content (AvgIpc) is 2.74. The second-order valence-corrected chi connectivity index (χ2v) is 5.86. The van der Waals surface area contributed by atoms with Gasteiger partial charge in [0.15, 0.2) is 0 Å². The van der Waals surface area contributed by atoms with Gasteiger partial charge in [-0.2, -0.15) is 0 Å². The van der Waals surface area contributed by atoms with Crippen LogP contribution in [0.4, 0.5) is 4.39 Å². The van der Waals surface area contributed by atoms with Crippen LogP contribution in [-0.4, -0.2) is 47.8 Å². The summed E-state index contributed by atoms with van der Waals surface area (Å²) in [7, 11) is 0. The second-order valence-electron chi connectivity index (χ2n) is 5.01. The lowest BCUT2D eigenvalue weighted by Gasteiger charge is -2.22. The van der Waals surface area contributed by atoms with Crippen molar-refractivity contribution in [3.8, 4) is 0 Å². The third kappa shape index (κ3) is 3.81. The molecule has 6 heteroatoms. The third-order valence-electron chi connectivity index (χ3n) is 3.60. The SMILES string of the molecule is CCC(=O)N1CCCN(C(=O)c2ccc(F)c(Br)c2)CC1. The minimum Gasteiger partial charge on any atom is -0.341 e. The Labute approximate surface area is 132 Å². The molecule has 1 saturated heterocycles. The van der Waals surface area contributed by atoms with Gasteiger partial charge in [0, 0.05) is 38.2 Å². The Morgan fingerprint density at radius 1 is 1.19 bits per heavy atom. The zero-order valence-electron chi connectivity index (χ0n) is 11.9. The van der Waals surface area contributed by atoms with Crippen LogP contribution in [0, 0.1) is 5.82 Å². The minimum absolute atomic E-state index is 0.119. The van der Waals surface area contributed by atoms with E-state index in [2.05, 4.69) is 15.9 Å². The van der Waals surface area contributed by atoms with Crippen molar-refractivity contribution in [1.29, 1.82) is 0 Å². The summed E-state index contributed by atoms with van der Waals surface area (Å²) in [5.74, 6) is -0.391. The molecule has 2 amide bonds. The van der Waals surface area contributed by atoms with Gasteiger partial charge in [-0.3, -0.25) is 9.59 Å². The first-order valence-electron chi connectivity index (χ1n) is 7.05. The number of nitrogens with zero attached hydrogens (tertiary/aromatic N) is 2. The molecule has 21 heavy (non-hydrogen) atoms. The van der Waals surface area contributed by atoms with Crippen molar-refractivity contribution in [2.24, 2.45) is 0 Å². The number of hydrogen-bond donors (Lipinski definition) is 0. The largest absolute Gasteiger partial charge is 0.341 e. The first kappa shape index (κ1) is 15.9. The summed E-state index contributed by atoms with van der Waals surface area (Å²) in [5.41, 5.74) is 0.457. The van der Waals surface area contributed by atoms with E-state index in [-0.39, 0.29) is 22.1 Å². The molecular weight excluding hydrogens is 339 g/mol. The van der Waals surface area contributed by atoms with Crippen molar-refractivity contribution in [2.45, 2.75) is 19.8 Å². The van der Waals surface area contributed by atoms with Crippen LogP contribution in [0.15, 0.2) is 22.7 Å². The van der Waals surface area contributed by atoms with E-state index < -0.39 is 0 Å². The molecule has 2 rings (SSSR count). The maximum absolute atomic E-state index is 13.2. The number of halogens is 2. The van der Waals surface area contributed by atoms with Crippen LogP contribution >= 0.6 is 15.9 Å². The minimum atomic E-state index is -0.387. The lowest BCUT2D eigenvalue weighted by molar-refractivity contribution is -0.130. The van der Waals surface area contributed by atoms with E-state index in [4.69, 9.17) is 0 Å².